The molecule has 2 aliphatic heterocycles. The summed E-state index contributed by atoms with van der Waals surface area (Å²) in [4.78, 5) is 31.7. The van der Waals surface area contributed by atoms with Gasteiger partial charge in [0.05, 0.1) is 30.5 Å². The molecule has 7 heteroatoms. The van der Waals surface area contributed by atoms with E-state index in [9.17, 15) is 14.0 Å². The third-order valence-electron chi connectivity index (χ3n) is 4.41. The number of likely N-dealkylation sites (tertiary alicyclic amines) is 2. The molecule has 2 saturated heterocycles. The number of hydrogen-bond acceptors (Lipinski definition) is 4. The Morgan fingerprint density at radius 1 is 1.50 bits per heavy atom. The molecule has 0 radical (unpaired) electrons. The van der Waals surface area contributed by atoms with Crippen LogP contribution < -0.4 is 0 Å². The van der Waals surface area contributed by atoms with E-state index in [0.29, 0.717) is 26.1 Å². The van der Waals surface area contributed by atoms with Gasteiger partial charge in [0.15, 0.2) is 5.82 Å². The van der Waals surface area contributed by atoms with Crippen molar-refractivity contribution in [3.63, 3.8) is 0 Å². The summed E-state index contributed by atoms with van der Waals surface area (Å²) in [6, 6.07) is 1.21. The molecule has 2 atom stereocenters. The number of aromatic nitrogens is 1. The molecule has 2 fully saturated rings. The Hall–Kier alpha value is -2.02. The molecule has 1 aromatic heterocycles. The summed E-state index contributed by atoms with van der Waals surface area (Å²) in [5, 5.41) is 0. The van der Waals surface area contributed by atoms with Crippen molar-refractivity contribution >= 4 is 11.8 Å². The highest BCUT2D eigenvalue weighted by Crippen LogP contribution is 2.33. The predicted octanol–water partition coefficient (Wildman–Crippen LogP) is 0.682. The lowest BCUT2D eigenvalue weighted by Gasteiger charge is -2.25. The number of carbonyl (C=O) groups excluding carboxylic acids is 2. The van der Waals surface area contributed by atoms with E-state index in [1.54, 1.807) is 16.9 Å². The molecule has 0 aromatic carbocycles. The summed E-state index contributed by atoms with van der Waals surface area (Å²) in [6.07, 6.45) is 3.45. The molecular weight excluding hydrogens is 289 g/mol. The number of methoxy groups -OCH3 is 1. The molecule has 0 spiro atoms. The summed E-state index contributed by atoms with van der Waals surface area (Å²) in [5.41, 5.74) is 0.0124. The molecule has 22 heavy (non-hydrogen) atoms. The van der Waals surface area contributed by atoms with Gasteiger partial charge in [-0.25, -0.2) is 4.39 Å². The Balaban J connectivity index is 1.77. The number of rotatable bonds is 4. The first kappa shape index (κ1) is 14.9. The maximum atomic E-state index is 13.8. The van der Waals surface area contributed by atoms with Crippen molar-refractivity contribution in [1.29, 1.82) is 0 Å². The first-order valence-corrected chi connectivity index (χ1v) is 7.32. The van der Waals surface area contributed by atoms with Crippen molar-refractivity contribution in [2.45, 2.75) is 24.9 Å². The molecule has 1 aromatic rings. The van der Waals surface area contributed by atoms with E-state index in [1.165, 1.54) is 12.3 Å². The Kier molecular flexibility index (Phi) is 4.06. The van der Waals surface area contributed by atoms with Crippen LogP contribution in [0.1, 0.15) is 23.2 Å². The first-order valence-electron chi connectivity index (χ1n) is 7.32. The summed E-state index contributed by atoms with van der Waals surface area (Å²) < 4.78 is 18.8. The lowest BCUT2D eigenvalue weighted by molar-refractivity contribution is -0.129. The fourth-order valence-corrected chi connectivity index (χ4v) is 3.36. The number of fused-ring (bicyclic) bond motifs is 1. The molecule has 0 bridgehead atoms. The highest BCUT2D eigenvalue weighted by Gasteiger charge is 2.48. The Morgan fingerprint density at radius 2 is 2.32 bits per heavy atom. The van der Waals surface area contributed by atoms with E-state index < -0.39 is 5.82 Å². The minimum Gasteiger partial charge on any atom is -0.383 e. The van der Waals surface area contributed by atoms with E-state index in [2.05, 4.69) is 4.98 Å². The monoisotopic (exact) mass is 307 g/mol. The van der Waals surface area contributed by atoms with E-state index in [1.807, 2.05) is 0 Å². The largest absolute Gasteiger partial charge is 0.383 e. The number of pyridine rings is 1. The fraction of sp³-hybridized carbons (Fsp3) is 0.533. The SMILES string of the molecule is COCCN1C(=O)C[C@H]2[C@H]1CCN2C(=O)c1ccncc1F. The van der Waals surface area contributed by atoms with Gasteiger partial charge in [-0.1, -0.05) is 0 Å². The second kappa shape index (κ2) is 6.00. The normalized spacial score (nSPS) is 24.0. The Morgan fingerprint density at radius 3 is 3.05 bits per heavy atom. The second-order valence-electron chi connectivity index (χ2n) is 5.56. The van der Waals surface area contributed by atoms with E-state index in [0.717, 1.165) is 12.6 Å². The van der Waals surface area contributed by atoms with Crippen LogP contribution in [0.5, 0.6) is 0 Å². The Labute approximate surface area is 127 Å². The first-order chi connectivity index (χ1) is 10.6. The van der Waals surface area contributed by atoms with Crippen molar-refractivity contribution < 1.29 is 18.7 Å². The number of carbonyl (C=O) groups is 2. The fourth-order valence-electron chi connectivity index (χ4n) is 3.36. The minimum absolute atomic E-state index is 0.0106. The molecule has 2 aliphatic rings. The van der Waals surface area contributed by atoms with Crippen molar-refractivity contribution in [2.24, 2.45) is 0 Å². The number of hydrogen-bond donors (Lipinski definition) is 0. The zero-order valence-corrected chi connectivity index (χ0v) is 12.4. The quantitative estimate of drug-likeness (QED) is 0.821. The average Bonchev–Trinajstić information content (AvgIpc) is 3.03. The van der Waals surface area contributed by atoms with Crippen LogP contribution >= 0.6 is 0 Å². The van der Waals surface area contributed by atoms with Crippen molar-refractivity contribution in [3.8, 4) is 0 Å². The second-order valence-corrected chi connectivity index (χ2v) is 5.56. The summed E-state index contributed by atoms with van der Waals surface area (Å²) in [6.45, 7) is 1.54. The summed E-state index contributed by atoms with van der Waals surface area (Å²) in [7, 11) is 1.59. The molecule has 6 nitrogen and oxygen atoms in total. The van der Waals surface area contributed by atoms with Crippen molar-refractivity contribution in [2.75, 3.05) is 26.8 Å². The number of ether oxygens (including phenoxy) is 1. The van der Waals surface area contributed by atoms with Gasteiger partial charge in [-0.3, -0.25) is 14.6 Å². The number of amides is 2. The van der Waals surface area contributed by atoms with Gasteiger partial charge < -0.3 is 14.5 Å². The third kappa shape index (κ3) is 2.45. The van der Waals surface area contributed by atoms with Crippen LogP contribution in [0.15, 0.2) is 18.5 Å². The lowest BCUT2D eigenvalue weighted by Crippen LogP contribution is -2.41. The van der Waals surface area contributed by atoms with Gasteiger partial charge in [0.2, 0.25) is 5.91 Å². The van der Waals surface area contributed by atoms with Crippen LogP contribution in [-0.4, -0.2) is 65.5 Å². The highest BCUT2D eigenvalue weighted by atomic mass is 19.1. The summed E-state index contributed by atoms with van der Waals surface area (Å²) >= 11 is 0. The molecular formula is C15H18FN3O3. The van der Waals surface area contributed by atoms with Crippen LogP contribution in [0.4, 0.5) is 4.39 Å². The standard InChI is InChI=1S/C15H18FN3O3/c1-22-7-6-18-12-3-5-19(13(12)8-14(18)20)15(21)10-2-4-17-9-11(10)16/h2,4,9,12-13H,3,5-8H2,1H3/t12-,13+/m1/s1. The molecule has 0 saturated carbocycles. The van der Waals surface area contributed by atoms with E-state index in [4.69, 9.17) is 4.74 Å². The smallest absolute Gasteiger partial charge is 0.257 e. The summed E-state index contributed by atoms with van der Waals surface area (Å²) in [5.74, 6) is -0.968. The van der Waals surface area contributed by atoms with Gasteiger partial charge in [0.25, 0.3) is 5.91 Å². The van der Waals surface area contributed by atoms with Gasteiger partial charge in [-0.2, -0.15) is 0 Å². The van der Waals surface area contributed by atoms with Gasteiger partial charge in [-0.15, -0.1) is 0 Å². The van der Waals surface area contributed by atoms with E-state index >= 15 is 0 Å². The van der Waals surface area contributed by atoms with Gasteiger partial charge >= 0.3 is 0 Å². The number of nitrogens with zero attached hydrogens (tertiary/aromatic N) is 3. The van der Waals surface area contributed by atoms with E-state index in [-0.39, 0.29) is 29.5 Å². The Bertz CT molecular complexity index is 595. The van der Waals surface area contributed by atoms with Crippen LogP contribution in [-0.2, 0) is 9.53 Å². The lowest BCUT2D eigenvalue weighted by atomic mass is 10.1. The zero-order chi connectivity index (χ0) is 15.7. The van der Waals surface area contributed by atoms with Crippen molar-refractivity contribution in [3.05, 3.63) is 29.8 Å². The van der Waals surface area contributed by atoms with Crippen molar-refractivity contribution in [1.82, 2.24) is 14.8 Å². The molecule has 3 heterocycles. The van der Waals surface area contributed by atoms with Gasteiger partial charge in [-0.05, 0) is 12.5 Å². The van der Waals surface area contributed by atoms with Crippen LogP contribution in [0.3, 0.4) is 0 Å². The zero-order valence-electron chi connectivity index (χ0n) is 12.4. The molecule has 118 valence electrons. The highest BCUT2D eigenvalue weighted by molar-refractivity contribution is 5.95. The molecule has 3 rings (SSSR count). The van der Waals surface area contributed by atoms with Crippen LogP contribution in [0, 0.1) is 5.82 Å². The van der Waals surface area contributed by atoms with Crippen LogP contribution in [0.25, 0.3) is 0 Å². The third-order valence-corrected chi connectivity index (χ3v) is 4.41. The van der Waals surface area contributed by atoms with Crippen LogP contribution in [0.2, 0.25) is 0 Å². The predicted molar refractivity (Wildman–Crippen MR) is 75.6 cm³/mol. The molecule has 0 N–H and O–H groups in total. The topological polar surface area (TPSA) is 62.7 Å². The maximum Gasteiger partial charge on any atom is 0.257 e. The van der Waals surface area contributed by atoms with Gasteiger partial charge in [0.1, 0.15) is 0 Å². The molecule has 0 unspecified atom stereocenters. The average molecular weight is 307 g/mol. The minimum atomic E-state index is -0.628. The molecule has 0 aliphatic carbocycles. The maximum absolute atomic E-state index is 13.8. The molecule has 2 amide bonds. The van der Waals surface area contributed by atoms with Gasteiger partial charge in [0, 0.05) is 32.8 Å². The number of halogens is 1.